The van der Waals surface area contributed by atoms with Crippen LogP contribution in [0, 0.1) is 0 Å². The average Bonchev–Trinajstić information content (AvgIpc) is 3.26. The van der Waals surface area contributed by atoms with Crippen molar-refractivity contribution in [3.8, 4) is 0 Å². The molecule has 8 nitrogen and oxygen atoms in total. The van der Waals surface area contributed by atoms with Crippen LogP contribution in [0.15, 0.2) is 4.52 Å². The molecule has 124 valence electrons. The number of tetrazole rings is 1. The number of rotatable bonds is 4. The molecule has 0 N–H and O–H groups in total. The Balaban J connectivity index is 1.46. The van der Waals surface area contributed by atoms with Gasteiger partial charge in [-0.15, -0.1) is 5.10 Å². The summed E-state index contributed by atoms with van der Waals surface area (Å²) in [6, 6.07) is 0. The van der Waals surface area contributed by atoms with Crippen molar-refractivity contribution in [3.63, 3.8) is 0 Å². The topological polar surface area (TPSA) is 91.8 Å². The Morgan fingerprint density at radius 3 is 2.65 bits per heavy atom. The molecular weight excluding hydrogens is 296 g/mol. The minimum atomic E-state index is 0.350. The number of hydrogen-bond acceptors (Lipinski definition) is 7. The Bertz CT molecular complexity index is 627. The predicted molar refractivity (Wildman–Crippen MR) is 79.8 cm³/mol. The van der Waals surface area contributed by atoms with Crippen molar-refractivity contribution >= 4 is 0 Å². The lowest BCUT2D eigenvalue weighted by Crippen LogP contribution is -2.19. The van der Waals surface area contributed by atoms with Gasteiger partial charge < -0.3 is 9.26 Å². The van der Waals surface area contributed by atoms with Crippen molar-refractivity contribution < 1.29 is 9.26 Å². The van der Waals surface area contributed by atoms with Crippen LogP contribution in [-0.2, 0) is 11.3 Å². The maximum Gasteiger partial charge on any atom is 0.229 e. The molecule has 0 amide bonds. The summed E-state index contributed by atoms with van der Waals surface area (Å²) < 4.78 is 12.7. The van der Waals surface area contributed by atoms with E-state index in [1.165, 1.54) is 19.3 Å². The summed E-state index contributed by atoms with van der Waals surface area (Å²) in [7, 11) is 0. The molecule has 4 rings (SSSR count). The molecule has 0 atom stereocenters. The lowest BCUT2D eigenvalue weighted by molar-refractivity contribution is 0.0826. The van der Waals surface area contributed by atoms with Gasteiger partial charge in [-0.1, -0.05) is 24.4 Å². The lowest BCUT2D eigenvalue weighted by Gasteiger charge is -2.20. The van der Waals surface area contributed by atoms with Gasteiger partial charge in [0.1, 0.15) is 6.54 Å². The molecule has 1 saturated carbocycles. The van der Waals surface area contributed by atoms with Crippen LogP contribution in [0.4, 0.5) is 0 Å². The largest absolute Gasteiger partial charge is 0.381 e. The summed E-state index contributed by atoms with van der Waals surface area (Å²) in [5, 5.41) is 16.2. The maximum absolute atomic E-state index is 5.48. The van der Waals surface area contributed by atoms with Gasteiger partial charge in [-0.2, -0.15) is 4.98 Å². The average molecular weight is 318 g/mol. The smallest absolute Gasteiger partial charge is 0.229 e. The van der Waals surface area contributed by atoms with Crippen molar-refractivity contribution in [1.82, 2.24) is 30.3 Å². The SMILES string of the molecule is C1CCC(c2nc(Cn3nnnc3C3CCOCC3)no2)CC1. The molecule has 2 aromatic heterocycles. The van der Waals surface area contributed by atoms with Crippen molar-refractivity contribution in [2.24, 2.45) is 0 Å². The van der Waals surface area contributed by atoms with E-state index in [4.69, 9.17) is 9.26 Å². The first-order valence-electron chi connectivity index (χ1n) is 8.56. The molecule has 2 aliphatic rings. The van der Waals surface area contributed by atoms with Gasteiger partial charge >= 0.3 is 0 Å². The lowest BCUT2D eigenvalue weighted by atomic mass is 9.89. The van der Waals surface area contributed by atoms with E-state index < -0.39 is 0 Å². The number of hydrogen-bond donors (Lipinski definition) is 0. The van der Waals surface area contributed by atoms with Crippen LogP contribution in [-0.4, -0.2) is 43.6 Å². The second-order valence-corrected chi connectivity index (χ2v) is 6.47. The summed E-state index contributed by atoms with van der Waals surface area (Å²) in [6.07, 6.45) is 8.04. The van der Waals surface area contributed by atoms with E-state index in [0.717, 1.165) is 50.6 Å². The second kappa shape index (κ2) is 6.74. The van der Waals surface area contributed by atoms with Crippen LogP contribution >= 0.6 is 0 Å². The fourth-order valence-corrected chi connectivity index (χ4v) is 3.55. The second-order valence-electron chi connectivity index (χ2n) is 6.47. The number of aromatic nitrogens is 6. The van der Waals surface area contributed by atoms with E-state index in [-0.39, 0.29) is 0 Å². The van der Waals surface area contributed by atoms with Crippen LogP contribution in [0.2, 0.25) is 0 Å². The highest BCUT2D eigenvalue weighted by atomic mass is 16.5. The third kappa shape index (κ3) is 3.26. The molecule has 0 bridgehead atoms. The quantitative estimate of drug-likeness (QED) is 0.851. The van der Waals surface area contributed by atoms with E-state index in [1.807, 2.05) is 0 Å². The summed E-state index contributed by atoms with van der Waals surface area (Å²) in [5.74, 6) is 3.11. The Kier molecular flexibility index (Phi) is 4.32. The van der Waals surface area contributed by atoms with Gasteiger partial charge in [0.2, 0.25) is 5.89 Å². The zero-order valence-corrected chi connectivity index (χ0v) is 13.2. The molecule has 3 heterocycles. The Morgan fingerprint density at radius 2 is 1.83 bits per heavy atom. The van der Waals surface area contributed by atoms with Gasteiger partial charge in [-0.3, -0.25) is 0 Å². The van der Waals surface area contributed by atoms with Gasteiger partial charge in [0.05, 0.1) is 0 Å². The van der Waals surface area contributed by atoms with Gasteiger partial charge in [0.15, 0.2) is 11.6 Å². The third-order valence-electron chi connectivity index (χ3n) is 4.88. The highest BCUT2D eigenvalue weighted by Crippen LogP contribution is 2.31. The fourth-order valence-electron chi connectivity index (χ4n) is 3.55. The standard InChI is InChI=1S/C15H22N6O2/c1-2-4-12(5-3-1)15-16-13(18-23-15)10-21-14(17-19-20-21)11-6-8-22-9-7-11/h11-12H,1-10H2. The molecule has 23 heavy (non-hydrogen) atoms. The van der Waals surface area contributed by atoms with Gasteiger partial charge in [0, 0.05) is 25.0 Å². The molecule has 0 aromatic carbocycles. The molecule has 0 unspecified atom stereocenters. The molecule has 0 spiro atoms. The van der Waals surface area contributed by atoms with Crippen LogP contribution in [0.3, 0.4) is 0 Å². The molecule has 1 saturated heterocycles. The maximum atomic E-state index is 5.48. The third-order valence-corrected chi connectivity index (χ3v) is 4.88. The molecule has 1 aliphatic carbocycles. The van der Waals surface area contributed by atoms with Crippen LogP contribution < -0.4 is 0 Å². The normalized spacial score (nSPS) is 20.9. The highest BCUT2D eigenvalue weighted by Gasteiger charge is 2.24. The summed E-state index contributed by atoms with van der Waals surface area (Å²) in [5.41, 5.74) is 0. The zero-order valence-electron chi connectivity index (χ0n) is 13.2. The fraction of sp³-hybridized carbons (Fsp3) is 0.800. The minimum absolute atomic E-state index is 0.350. The minimum Gasteiger partial charge on any atom is -0.381 e. The first-order chi connectivity index (χ1) is 11.4. The van der Waals surface area contributed by atoms with Crippen LogP contribution in [0.25, 0.3) is 0 Å². The Hall–Kier alpha value is -1.83. The van der Waals surface area contributed by atoms with Crippen molar-refractivity contribution in [3.05, 3.63) is 17.5 Å². The highest BCUT2D eigenvalue weighted by molar-refractivity contribution is 4.99. The molecule has 2 aromatic rings. The van der Waals surface area contributed by atoms with Gasteiger partial charge in [0.25, 0.3) is 0 Å². The van der Waals surface area contributed by atoms with E-state index in [2.05, 4.69) is 25.7 Å². The zero-order chi connectivity index (χ0) is 15.5. The van der Waals surface area contributed by atoms with Crippen molar-refractivity contribution in [1.29, 1.82) is 0 Å². The first-order valence-corrected chi connectivity index (χ1v) is 8.56. The molecule has 2 fully saturated rings. The van der Waals surface area contributed by atoms with E-state index >= 15 is 0 Å². The van der Waals surface area contributed by atoms with Gasteiger partial charge in [-0.25, -0.2) is 4.68 Å². The molecular formula is C15H22N6O2. The van der Waals surface area contributed by atoms with Gasteiger partial charge in [-0.05, 0) is 36.1 Å². The van der Waals surface area contributed by atoms with Crippen molar-refractivity contribution in [2.75, 3.05) is 13.2 Å². The monoisotopic (exact) mass is 318 g/mol. The predicted octanol–water partition coefficient (Wildman–Crippen LogP) is 2.05. The van der Waals surface area contributed by atoms with Crippen molar-refractivity contribution in [2.45, 2.75) is 63.3 Å². The van der Waals surface area contributed by atoms with Crippen LogP contribution in [0.1, 0.15) is 74.3 Å². The molecule has 8 heteroatoms. The molecule has 1 aliphatic heterocycles. The van der Waals surface area contributed by atoms with Crippen LogP contribution in [0.5, 0.6) is 0 Å². The Morgan fingerprint density at radius 1 is 1.00 bits per heavy atom. The summed E-state index contributed by atoms with van der Waals surface area (Å²) in [6.45, 7) is 2.01. The number of nitrogens with zero attached hydrogens (tertiary/aromatic N) is 6. The molecule has 0 radical (unpaired) electrons. The number of ether oxygens (including phenoxy) is 1. The van der Waals surface area contributed by atoms with E-state index in [0.29, 0.717) is 24.2 Å². The summed E-state index contributed by atoms with van der Waals surface area (Å²) in [4.78, 5) is 4.58. The summed E-state index contributed by atoms with van der Waals surface area (Å²) >= 11 is 0. The van der Waals surface area contributed by atoms with E-state index in [1.54, 1.807) is 4.68 Å². The van der Waals surface area contributed by atoms with E-state index in [9.17, 15) is 0 Å². The Labute approximate surface area is 134 Å². The first kappa shape index (κ1) is 14.7.